The first-order valence-electron chi connectivity index (χ1n) is 6.17. The number of hydrogen-bond acceptors (Lipinski definition) is 3. The van der Waals surface area contributed by atoms with Crippen molar-refractivity contribution in [2.45, 2.75) is 19.3 Å². The van der Waals surface area contributed by atoms with Crippen LogP contribution in [0.4, 0.5) is 5.69 Å². The van der Waals surface area contributed by atoms with Crippen molar-refractivity contribution in [3.63, 3.8) is 0 Å². The van der Waals surface area contributed by atoms with Gasteiger partial charge in [0.15, 0.2) is 0 Å². The molecule has 1 fully saturated rings. The van der Waals surface area contributed by atoms with E-state index in [4.69, 9.17) is 4.74 Å². The Kier molecular flexibility index (Phi) is 4.15. The number of nitrogens with zero attached hydrogens (tertiary/aromatic N) is 1. The minimum absolute atomic E-state index is 0.300. The monoisotopic (exact) mass is 233 g/mol. The van der Waals surface area contributed by atoms with Crippen LogP contribution in [0.25, 0.3) is 0 Å². The topological polar surface area (TPSA) is 29.5 Å². The Hall–Kier alpha value is -1.35. The van der Waals surface area contributed by atoms with Crippen LogP contribution in [0.3, 0.4) is 0 Å². The van der Waals surface area contributed by atoms with Crippen LogP contribution >= 0.6 is 0 Å². The highest BCUT2D eigenvalue weighted by molar-refractivity contribution is 5.54. The summed E-state index contributed by atoms with van der Waals surface area (Å²) in [4.78, 5) is 12.9. The van der Waals surface area contributed by atoms with E-state index >= 15 is 0 Å². The maximum absolute atomic E-state index is 10.5. The van der Waals surface area contributed by atoms with Crippen molar-refractivity contribution < 1.29 is 9.53 Å². The Balaban J connectivity index is 2.12. The van der Waals surface area contributed by atoms with Crippen molar-refractivity contribution in [3.05, 3.63) is 29.8 Å². The van der Waals surface area contributed by atoms with E-state index in [0.717, 1.165) is 32.6 Å². The van der Waals surface area contributed by atoms with Gasteiger partial charge in [0.25, 0.3) is 0 Å². The lowest BCUT2D eigenvalue weighted by Crippen LogP contribution is -2.36. The maximum Gasteiger partial charge on any atom is 0.120 e. The molecule has 1 saturated heterocycles. The first-order chi connectivity index (χ1) is 8.31. The van der Waals surface area contributed by atoms with Crippen molar-refractivity contribution in [3.8, 4) is 0 Å². The van der Waals surface area contributed by atoms with E-state index in [1.165, 1.54) is 11.3 Å². The molecule has 2 rings (SSSR count). The van der Waals surface area contributed by atoms with Gasteiger partial charge in [0.2, 0.25) is 0 Å². The second kappa shape index (κ2) is 5.82. The van der Waals surface area contributed by atoms with Gasteiger partial charge in [-0.2, -0.15) is 0 Å². The van der Waals surface area contributed by atoms with Gasteiger partial charge in [-0.15, -0.1) is 0 Å². The van der Waals surface area contributed by atoms with E-state index in [2.05, 4.69) is 36.1 Å². The zero-order valence-corrected chi connectivity index (χ0v) is 10.3. The summed E-state index contributed by atoms with van der Waals surface area (Å²) in [5, 5.41) is 0. The molecule has 1 heterocycles. The molecule has 92 valence electrons. The number of carbonyl (C=O) groups excluding carboxylic acids is 1. The predicted molar refractivity (Wildman–Crippen MR) is 68.6 cm³/mol. The average molecular weight is 233 g/mol. The Bertz CT molecular complexity index is 372. The fourth-order valence-corrected chi connectivity index (χ4v) is 2.13. The second-order valence-corrected chi connectivity index (χ2v) is 4.50. The van der Waals surface area contributed by atoms with Crippen LogP contribution in [-0.2, 0) is 9.53 Å². The zero-order chi connectivity index (χ0) is 12.1. The lowest BCUT2D eigenvalue weighted by molar-refractivity contribution is -0.108. The summed E-state index contributed by atoms with van der Waals surface area (Å²) in [6.45, 7) is 5.59. The van der Waals surface area contributed by atoms with E-state index < -0.39 is 0 Å². The Morgan fingerprint density at radius 1 is 1.41 bits per heavy atom. The molecular weight excluding hydrogens is 214 g/mol. The molecule has 1 aromatic rings. The molecule has 1 unspecified atom stereocenters. The summed E-state index contributed by atoms with van der Waals surface area (Å²) >= 11 is 0. The highest BCUT2D eigenvalue weighted by Crippen LogP contribution is 2.24. The number of carbonyl (C=O) groups is 1. The van der Waals surface area contributed by atoms with E-state index in [9.17, 15) is 4.79 Å². The third kappa shape index (κ3) is 3.07. The molecule has 3 nitrogen and oxygen atoms in total. The van der Waals surface area contributed by atoms with E-state index in [0.29, 0.717) is 12.3 Å². The van der Waals surface area contributed by atoms with Crippen LogP contribution in [0.2, 0.25) is 0 Å². The van der Waals surface area contributed by atoms with Gasteiger partial charge in [-0.3, -0.25) is 0 Å². The first-order valence-corrected chi connectivity index (χ1v) is 6.17. The Morgan fingerprint density at radius 3 is 2.88 bits per heavy atom. The number of rotatable bonds is 4. The van der Waals surface area contributed by atoms with E-state index in [1.54, 1.807) is 0 Å². The molecule has 0 amide bonds. The summed E-state index contributed by atoms with van der Waals surface area (Å²) < 4.78 is 5.35. The van der Waals surface area contributed by atoms with Gasteiger partial charge in [-0.1, -0.05) is 19.1 Å². The molecular formula is C14H19NO2. The van der Waals surface area contributed by atoms with Gasteiger partial charge in [0.05, 0.1) is 13.2 Å². The standard InChI is InChI=1S/C14H19NO2/c1-12(5-8-16)13-3-2-4-14(11-13)15-6-9-17-10-7-15/h2-4,8,11-12H,5-7,9-10H2,1H3. The van der Waals surface area contributed by atoms with Gasteiger partial charge >= 0.3 is 0 Å². The van der Waals surface area contributed by atoms with Crippen LogP contribution in [0.5, 0.6) is 0 Å². The van der Waals surface area contributed by atoms with E-state index in [-0.39, 0.29) is 0 Å². The van der Waals surface area contributed by atoms with Crippen LogP contribution in [-0.4, -0.2) is 32.6 Å². The third-order valence-corrected chi connectivity index (χ3v) is 3.27. The highest BCUT2D eigenvalue weighted by Gasteiger charge is 2.12. The number of aldehydes is 1. The van der Waals surface area contributed by atoms with Gasteiger partial charge in [-0.25, -0.2) is 0 Å². The van der Waals surface area contributed by atoms with Crippen LogP contribution in [0, 0.1) is 0 Å². The van der Waals surface area contributed by atoms with Gasteiger partial charge < -0.3 is 14.4 Å². The normalized spacial score (nSPS) is 17.8. The van der Waals surface area contributed by atoms with Crippen molar-refractivity contribution in [1.29, 1.82) is 0 Å². The lowest BCUT2D eigenvalue weighted by atomic mass is 9.98. The van der Waals surface area contributed by atoms with Gasteiger partial charge in [0, 0.05) is 25.2 Å². The molecule has 0 radical (unpaired) electrons. The molecule has 3 heteroatoms. The number of morpholine rings is 1. The van der Waals surface area contributed by atoms with Crippen molar-refractivity contribution in [2.24, 2.45) is 0 Å². The maximum atomic E-state index is 10.5. The fourth-order valence-electron chi connectivity index (χ4n) is 2.13. The molecule has 0 saturated carbocycles. The molecule has 0 N–H and O–H groups in total. The van der Waals surface area contributed by atoms with Crippen molar-refractivity contribution in [2.75, 3.05) is 31.2 Å². The number of benzene rings is 1. The molecule has 1 atom stereocenters. The molecule has 1 aliphatic heterocycles. The largest absolute Gasteiger partial charge is 0.378 e. The number of anilines is 1. The van der Waals surface area contributed by atoms with Crippen molar-refractivity contribution >= 4 is 12.0 Å². The SMILES string of the molecule is CC(CC=O)c1cccc(N2CCOCC2)c1. The summed E-state index contributed by atoms with van der Waals surface area (Å²) in [7, 11) is 0. The van der Waals surface area contributed by atoms with E-state index in [1.807, 2.05) is 0 Å². The summed E-state index contributed by atoms with van der Waals surface area (Å²) in [6, 6.07) is 8.49. The molecule has 1 aromatic carbocycles. The zero-order valence-electron chi connectivity index (χ0n) is 10.3. The minimum atomic E-state index is 0.300. The summed E-state index contributed by atoms with van der Waals surface area (Å²) in [6.07, 6.45) is 1.58. The Labute approximate surface area is 102 Å². The third-order valence-electron chi connectivity index (χ3n) is 3.27. The molecule has 0 aliphatic carbocycles. The van der Waals surface area contributed by atoms with Gasteiger partial charge in [-0.05, 0) is 23.6 Å². The molecule has 0 aromatic heterocycles. The quantitative estimate of drug-likeness (QED) is 0.747. The van der Waals surface area contributed by atoms with Crippen LogP contribution < -0.4 is 4.90 Å². The van der Waals surface area contributed by atoms with Crippen LogP contribution in [0.15, 0.2) is 24.3 Å². The lowest BCUT2D eigenvalue weighted by Gasteiger charge is -2.29. The number of ether oxygens (including phenoxy) is 1. The summed E-state index contributed by atoms with van der Waals surface area (Å²) in [5.74, 6) is 0.300. The number of hydrogen-bond donors (Lipinski definition) is 0. The second-order valence-electron chi connectivity index (χ2n) is 4.50. The molecule has 0 bridgehead atoms. The molecule has 17 heavy (non-hydrogen) atoms. The Morgan fingerprint density at radius 2 is 2.18 bits per heavy atom. The highest BCUT2D eigenvalue weighted by atomic mass is 16.5. The molecule has 1 aliphatic rings. The summed E-state index contributed by atoms with van der Waals surface area (Å²) in [5.41, 5.74) is 2.48. The van der Waals surface area contributed by atoms with Crippen LogP contribution in [0.1, 0.15) is 24.8 Å². The average Bonchev–Trinajstić information content (AvgIpc) is 2.40. The first kappa shape index (κ1) is 12.1. The fraction of sp³-hybridized carbons (Fsp3) is 0.500. The predicted octanol–water partition coefficient (Wildman–Crippen LogP) is 2.22. The van der Waals surface area contributed by atoms with Gasteiger partial charge in [0.1, 0.15) is 6.29 Å². The molecule has 0 spiro atoms. The smallest absolute Gasteiger partial charge is 0.120 e. The van der Waals surface area contributed by atoms with Crippen molar-refractivity contribution in [1.82, 2.24) is 0 Å². The minimum Gasteiger partial charge on any atom is -0.378 e.